The van der Waals surface area contributed by atoms with E-state index in [-0.39, 0.29) is 5.91 Å². The van der Waals surface area contributed by atoms with Crippen LogP contribution in [0.3, 0.4) is 0 Å². The number of hydrogen-bond acceptors (Lipinski definition) is 4. The summed E-state index contributed by atoms with van der Waals surface area (Å²) in [5.41, 5.74) is 6.76. The number of carbonyl (C=O) groups is 1. The van der Waals surface area contributed by atoms with Crippen LogP contribution < -0.4 is 10.6 Å². The molecule has 2 aromatic carbocycles. The Balaban J connectivity index is 1.77. The zero-order valence-corrected chi connectivity index (χ0v) is 17.0. The Morgan fingerprint density at radius 2 is 1.57 bits per heavy atom. The highest BCUT2D eigenvalue weighted by Crippen LogP contribution is 2.29. The van der Waals surface area contributed by atoms with Crippen molar-refractivity contribution in [2.45, 2.75) is 40.5 Å². The molecule has 0 aliphatic rings. The van der Waals surface area contributed by atoms with Crippen LogP contribution in [0.15, 0.2) is 48.8 Å². The lowest BCUT2D eigenvalue weighted by Crippen LogP contribution is -2.14. The minimum Gasteiger partial charge on any atom is -0.324 e. The van der Waals surface area contributed by atoms with Gasteiger partial charge in [0.05, 0.1) is 5.56 Å². The third kappa shape index (κ3) is 4.19. The summed E-state index contributed by atoms with van der Waals surface area (Å²) in [4.78, 5) is 21.2. The van der Waals surface area contributed by atoms with E-state index in [1.54, 1.807) is 12.4 Å². The van der Waals surface area contributed by atoms with Gasteiger partial charge in [0.25, 0.3) is 5.91 Å². The van der Waals surface area contributed by atoms with Crippen LogP contribution in [-0.2, 0) is 0 Å². The molecule has 3 aromatic rings. The maximum absolute atomic E-state index is 12.5. The Hall–Kier alpha value is -3.21. The van der Waals surface area contributed by atoms with Crippen molar-refractivity contribution in [1.82, 2.24) is 9.97 Å². The monoisotopic (exact) mass is 374 g/mol. The molecular formula is C23H26N4O. The maximum atomic E-state index is 12.5. The van der Waals surface area contributed by atoms with Gasteiger partial charge in [-0.05, 0) is 55.0 Å². The minimum absolute atomic E-state index is 0.223. The Bertz CT molecular complexity index is 994. The van der Waals surface area contributed by atoms with Crippen molar-refractivity contribution < 1.29 is 4.79 Å². The van der Waals surface area contributed by atoms with Crippen LogP contribution in [0.1, 0.15) is 52.4 Å². The first kappa shape index (κ1) is 19.5. The highest BCUT2D eigenvalue weighted by atomic mass is 16.1. The van der Waals surface area contributed by atoms with E-state index >= 15 is 0 Å². The van der Waals surface area contributed by atoms with Crippen LogP contribution in [0, 0.1) is 20.8 Å². The van der Waals surface area contributed by atoms with Gasteiger partial charge in [-0.15, -0.1) is 0 Å². The summed E-state index contributed by atoms with van der Waals surface area (Å²) in [6, 6.07) is 12.0. The highest BCUT2D eigenvalue weighted by molar-refractivity contribution is 6.04. The van der Waals surface area contributed by atoms with Gasteiger partial charge in [0.15, 0.2) is 0 Å². The average molecular weight is 374 g/mol. The third-order valence-corrected chi connectivity index (χ3v) is 4.93. The fourth-order valence-corrected chi connectivity index (χ4v) is 3.04. The molecule has 3 rings (SSSR count). The largest absolute Gasteiger partial charge is 0.324 e. The smallest absolute Gasteiger partial charge is 0.258 e. The molecule has 5 heteroatoms. The molecule has 0 radical (unpaired) electrons. The molecule has 0 bridgehead atoms. The Labute approximate surface area is 166 Å². The first-order valence-electron chi connectivity index (χ1n) is 9.43. The van der Waals surface area contributed by atoms with Gasteiger partial charge in [0.1, 0.15) is 0 Å². The molecule has 0 saturated heterocycles. The first-order chi connectivity index (χ1) is 13.4. The van der Waals surface area contributed by atoms with E-state index in [9.17, 15) is 4.79 Å². The first-order valence-corrected chi connectivity index (χ1v) is 9.43. The number of nitrogens with one attached hydrogen (secondary N) is 2. The fourth-order valence-electron chi connectivity index (χ4n) is 3.04. The summed E-state index contributed by atoms with van der Waals surface area (Å²) >= 11 is 0. The van der Waals surface area contributed by atoms with Gasteiger partial charge in [-0.25, -0.2) is 9.97 Å². The number of hydrogen-bond donors (Lipinski definition) is 2. The molecule has 1 aromatic heterocycles. The number of anilines is 3. The van der Waals surface area contributed by atoms with Crippen LogP contribution in [0.2, 0.25) is 0 Å². The zero-order valence-electron chi connectivity index (χ0n) is 17.0. The van der Waals surface area contributed by atoms with E-state index < -0.39 is 0 Å². The lowest BCUT2D eigenvalue weighted by Gasteiger charge is -2.16. The second-order valence-corrected chi connectivity index (χ2v) is 7.32. The molecule has 0 unspecified atom stereocenters. The zero-order chi connectivity index (χ0) is 20.3. The van der Waals surface area contributed by atoms with E-state index in [4.69, 9.17) is 0 Å². The van der Waals surface area contributed by atoms with Crippen LogP contribution in [0.4, 0.5) is 17.3 Å². The minimum atomic E-state index is -0.223. The van der Waals surface area contributed by atoms with Crippen molar-refractivity contribution in [3.05, 3.63) is 76.6 Å². The van der Waals surface area contributed by atoms with Crippen LogP contribution in [0.25, 0.3) is 0 Å². The van der Waals surface area contributed by atoms with Gasteiger partial charge in [-0.2, -0.15) is 0 Å². The number of aromatic nitrogens is 2. The number of benzene rings is 2. The van der Waals surface area contributed by atoms with Crippen molar-refractivity contribution in [2.24, 2.45) is 0 Å². The number of carbonyl (C=O) groups excluding carboxylic acids is 1. The predicted octanol–water partition coefficient (Wildman–Crippen LogP) is 5.52. The fraction of sp³-hybridized carbons (Fsp3) is 0.261. The molecule has 0 atom stereocenters. The highest BCUT2D eigenvalue weighted by Gasteiger charge is 2.12. The van der Waals surface area contributed by atoms with E-state index in [0.717, 1.165) is 28.1 Å². The summed E-state index contributed by atoms with van der Waals surface area (Å²) in [5, 5.41) is 6.23. The second-order valence-electron chi connectivity index (χ2n) is 7.32. The lowest BCUT2D eigenvalue weighted by molar-refractivity contribution is 0.102. The summed E-state index contributed by atoms with van der Waals surface area (Å²) in [6.07, 6.45) is 3.09. The molecule has 144 valence electrons. The van der Waals surface area contributed by atoms with Crippen LogP contribution in [0.5, 0.6) is 0 Å². The Kier molecular flexibility index (Phi) is 5.73. The molecule has 2 N–H and O–H groups in total. The van der Waals surface area contributed by atoms with Gasteiger partial charge in [-0.1, -0.05) is 44.2 Å². The number of rotatable bonds is 5. The third-order valence-electron chi connectivity index (χ3n) is 4.93. The van der Waals surface area contributed by atoms with Crippen molar-refractivity contribution in [3.63, 3.8) is 0 Å². The molecule has 0 aliphatic heterocycles. The summed E-state index contributed by atoms with van der Waals surface area (Å²) in [7, 11) is 0. The lowest BCUT2D eigenvalue weighted by atomic mass is 9.98. The summed E-state index contributed by atoms with van der Waals surface area (Å²) < 4.78 is 0. The van der Waals surface area contributed by atoms with Crippen molar-refractivity contribution >= 4 is 23.2 Å². The van der Waals surface area contributed by atoms with Crippen LogP contribution >= 0.6 is 0 Å². The number of nitrogens with zero attached hydrogens (tertiary/aromatic N) is 2. The molecule has 5 nitrogen and oxygen atoms in total. The Morgan fingerprint density at radius 3 is 2.25 bits per heavy atom. The molecular weight excluding hydrogens is 348 g/mol. The van der Waals surface area contributed by atoms with Gasteiger partial charge >= 0.3 is 0 Å². The maximum Gasteiger partial charge on any atom is 0.258 e. The topological polar surface area (TPSA) is 66.9 Å². The molecule has 1 amide bonds. The second kappa shape index (κ2) is 8.21. The van der Waals surface area contributed by atoms with Crippen molar-refractivity contribution in [2.75, 3.05) is 10.6 Å². The van der Waals surface area contributed by atoms with Crippen LogP contribution in [-0.4, -0.2) is 15.9 Å². The number of para-hydroxylation sites is 1. The van der Waals surface area contributed by atoms with Gasteiger partial charge < -0.3 is 10.6 Å². The van der Waals surface area contributed by atoms with Gasteiger partial charge in [-0.3, -0.25) is 4.79 Å². The summed E-state index contributed by atoms with van der Waals surface area (Å²) in [6.45, 7) is 10.4. The average Bonchev–Trinajstić information content (AvgIpc) is 2.67. The van der Waals surface area contributed by atoms with E-state index in [1.807, 2.05) is 32.0 Å². The molecule has 1 heterocycles. The SMILES string of the molecule is Cc1cccc(NC(=O)c2cnc(Nc3c(C)cccc3C(C)C)nc2)c1C. The molecule has 28 heavy (non-hydrogen) atoms. The van der Waals surface area contributed by atoms with Gasteiger partial charge in [0, 0.05) is 23.8 Å². The van der Waals surface area contributed by atoms with Crippen molar-refractivity contribution in [3.8, 4) is 0 Å². The summed E-state index contributed by atoms with van der Waals surface area (Å²) in [5.74, 6) is 0.628. The Morgan fingerprint density at radius 1 is 0.929 bits per heavy atom. The van der Waals surface area contributed by atoms with Gasteiger partial charge in [0.2, 0.25) is 5.95 Å². The molecule has 0 fully saturated rings. The molecule has 0 aliphatic carbocycles. The standard InChI is InChI=1S/C23H26N4O/c1-14(2)19-10-6-9-16(4)21(19)27-23-24-12-18(13-25-23)22(28)26-20-11-7-8-15(3)17(20)5/h6-14H,1-5H3,(H,26,28)(H,24,25,27). The predicted molar refractivity (Wildman–Crippen MR) is 114 cm³/mol. The van der Waals surface area contributed by atoms with E-state index in [1.165, 1.54) is 5.56 Å². The number of aryl methyl sites for hydroxylation is 2. The number of amides is 1. The van der Waals surface area contributed by atoms with E-state index in [0.29, 0.717) is 17.4 Å². The normalized spacial score (nSPS) is 10.8. The quantitative estimate of drug-likeness (QED) is 0.617. The van der Waals surface area contributed by atoms with Crippen molar-refractivity contribution in [1.29, 1.82) is 0 Å². The molecule has 0 saturated carbocycles. The molecule has 0 spiro atoms. The van der Waals surface area contributed by atoms with E-state index in [2.05, 4.69) is 59.6 Å².